The number of ether oxygens (including phenoxy) is 2. The normalized spacial score (nSPS) is 11.3. The van der Waals surface area contributed by atoms with Crippen molar-refractivity contribution in [3.05, 3.63) is 0 Å². The standard InChI is InChI=1S/C35H67IO4S2/c1-3-5-7-9-11-13-15-17-19-21-23-25-27-41-31-34(37)39-29-33(36)30-40-35(38)32-42-28-26-24-22-20-18-16-14-12-10-8-6-4-2/h33H,3-32H2,1-2H3. The molecule has 0 bridgehead atoms. The molecule has 0 spiro atoms. The molecule has 0 aliphatic heterocycles. The molecule has 0 radical (unpaired) electrons. The van der Waals surface area contributed by atoms with Gasteiger partial charge in [-0.25, -0.2) is 0 Å². The lowest BCUT2D eigenvalue weighted by molar-refractivity contribution is -0.142. The molecule has 0 atom stereocenters. The summed E-state index contributed by atoms with van der Waals surface area (Å²) < 4.78 is 10.7. The van der Waals surface area contributed by atoms with Gasteiger partial charge in [0.1, 0.15) is 13.2 Å². The second kappa shape index (κ2) is 35.8. The third-order valence-electron chi connectivity index (χ3n) is 7.57. The summed E-state index contributed by atoms with van der Waals surface area (Å²) >= 11 is 5.54. The van der Waals surface area contributed by atoms with Crippen molar-refractivity contribution in [3.63, 3.8) is 0 Å². The first-order valence-electron chi connectivity index (χ1n) is 17.7. The van der Waals surface area contributed by atoms with E-state index in [1.807, 2.05) is 0 Å². The molecule has 42 heavy (non-hydrogen) atoms. The van der Waals surface area contributed by atoms with Crippen LogP contribution < -0.4 is 0 Å². The smallest absolute Gasteiger partial charge is 0.315 e. The number of rotatable bonds is 34. The van der Waals surface area contributed by atoms with Gasteiger partial charge in [0, 0.05) is 0 Å². The second-order valence-corrected chi connectivity index (χ2v) is 15.8. The highest BCUT2D eigenvalue weighted by molar-refractivity contribution is 14.1. The van der Waals surface area contributed by atoms with Gasteiger partial charge in [-0.05, 0) is 24.3 Å². The van der Waals surface area contributed by atoms with Crippen LogP contribution in [0.5, 0.6) is 0 Å². The second-order valence-electron chi connectivity index (χ2n) is 11.8. The molecule has 0 saturated carbocycles. The lowest BCUT2D eigenvalue weighted by Gasteiger charge is -2.11. The molecule has 0 aliphatic carbocycles. The zero-order valence-electron chi connectivity index (χ0n) is 27.6. The first-order valence-corrected chi connectivity index (χ1v) is 21.3. The lowest BCUT2D eigenvalue weighted by atomic mass is 10.1. The van der Waals surface area contributed by atoms with Gasteiger partial charge >= 0.3 is 11.9 Å². The zero-order chi connectivity index (χ0) is 30.8. The summed E-state index contributed by atoms with van der Waals surface area (Å²) in [5, 5.41) is 0. The van der Waals surface area contributed by atoms with Crippen molar-refractivity contribution in [2.75, 3.05) is 36.2 Å². The molecule has 0 aromatic heterocycles. The summed E-state index contributed by atoms with van der Waals surface area (Å²) in [7, 11) is 0. The molecule has 0 saturated heterocycles. The van der Waals surface area contributed by atoms with Gasteiger partial charge in [0.05, 0.1) is 15.4 Å². The summed E-state index contributed by atoms with van der Waals surface area (Å²) in [5.74, 6) is 2.55. The first-order chi connectivity index (χ1) is 20.6. The van der Waals surface area contributed by atoms with Gasteiger partial charge in [0.25, 0.3) is 0 Å². The van der Waals surface area contributed by atoms with Crippen LogP contribution in [0.3, 0.4) is 0 Å². The Kier molecular flexibility index (Phi) is 36.2. The molecular formula is C35H67IO4S2. The number of carbonyl (C=O) groups excluding carboxylic acids is 2. The summed E-state index contributed by atoms with van der Waals surface area (Å²) in [5.41, 5.74) is 0. The number of unbranched alkanes of at least 4 members (excludes halogenated alkanes) is 22. The molecule has 0 aromatic rings. The maximum absolute atomic E-state index is 12.0. The molecule has 0 unspecified atom stereocenters. The van der Waals surface area contributed by atoms with E-state index in [-0.39, 0.29) is 15.9 Å². The maximum atomic E-state index is 12.0. The number of halogens is 1. The first kappa shape index (κ1) is 42.4. The Balaban J connectivity index is 3.38. The van der Waals surface area contributed by atoms with Crippen LogP contribution in [-0.2, 0) is 19.1 Å². The molecule has 0 amide bonds. The van der Waals surface area contributed by atoms with E-state index >= 15 is 0 Å². The summed E-state index contributed by atoms with van der Waals surface area (Å²) in [4.78, 5) is 24.0. The number of hydrogen-bond acceptors (Lipinski definition) is 6. The topological polar surface area (TPSA) is 52.6 Å². The van der Waals surface area contributed by atoms with Crippen LogP contribution in [0.4, 0.5) is 0 Å². The monoisotopic (exact) mass is 742 g/mol. The number of alkyl halides is 1. The SMILES string of the molecule is CCCCCCCCCCCCCCSCC(=O)OCC(I)COC(=O)CSCCCCCCCCCCCCCC. The third-order valence-corrected chi connectivity index (χ3v) is 10.3. The lowest BCUT2D eigenvalue weighted by Crippen LogP contribution is -2.22. The molecular weight excluding hydrogens is 675 g/mol. The zero-order valence-corrected chi connectivity index (χ0v) is 31.4. The van der Waals surface area contributed by atoms with E-state index in [0.717, 1.165) is 11.5 Å². The van der Waals surface area contributed by atoms with E-state index in [1.165, 1.54) is 154 Å². The summed E-state index contributed by atoms with van der Waals surface area (Å²) in [6, 6.07) is 0. The van der Waals surface area contributed by atoms with Crippen LogP contribution in [0, 0.1) is 0 Å². The third kappa shape index (κ3) is 34.9. The van der Waals surface area contributed by atoms with E-state index in [4.69, 9.17) is 9.47 Å². The van der Waals surface area contributed by atoms with E-state index in [0.29, 0.717) is 24.7 Å². The van der Waals surface area contributed by atoms with Crippen molar-refractivity contribution in [3.8, 4) is 0 Å². The average Bonchev–Trinajstić information content (AvgIpc) is 2.99. The van der Waals surface area contributed by atoms with Gasteiger partial charge in [-0.3, -0.25) is 9.59 Å². The Labute approximate surface area is 283 Å². The van der Waals surface area contributed by atoms with E-state index < -0.39 is 0 Å². The van der Waals surface area contributed by atoms with Gasteiger partial charge < -0.3 is 9.47 Å². The molecule has 0 fully saturated rings. The van der Waals surface area contributed by atoms with Crippen molar-refractivity contribution in [2.24, 2.45) is 0 Å². The maximum Gasteiger partial charge on any atom is 0.315 e. The average molecular weight is 743 g/mol. The van der Waals surface area contributed by atoms with Gasteiger partial charge in [0.15, 0.2) is 0 Å². The minimum absolute atomic E-state index is 0.00168. The largest absolute Gasteiger partial charge is 0.464 e. The van der Waals surface area contributed by atoms with Gasteiger partial charge in [-0.2, -0.15) is 23.5 Å². The number of carbonyl (C=O) groups is 2. The fourth-order valence-electron chi connectivity index (χ4n) is 4.90. The van der Waals surface area contributed by atoms with Gasteiger partial charge in [-0.15, -0.1) is 0 Å². The van der Waals surface area contributed by atoms with Crippen molar-refractivity contribution >= 4 is 58.1 Å². The highest BCUT2D eigenvalue weighted by Gasteiger charge is 2.12. The van der Waals surface area contributed by atoms with Crippen molar-refractivity contribution < 1.29 is 19.1 Å². The Morgan fingerprint density at radius 3 is 1.02 bits per heavy atom. The van der Waals surface area contributed by atoms with Crippen LogP contribution >= 0.6 is 46.1 Å². The van der Waals surface area contributed by atoms with Crippen LogP contribution in [0.15, 0.2) is 0 Å². The molecule has 7 heteroatoms. The van der Waals surface area contributed by atoms with E-state index in [9.17, 15) is 9.59 Å². The van der Waals surface area contributed by atoms with Gasteiger partial charge in [-0.1, -0.05) is 178 Å². The number of hydrogen-bond donors (Lipinski definition) is 0. The quantitative estimate of drug-likeness (QED) is 0.0283. The van der Waals surface area contributed by atoms with E-state index in [1.54, 1.807) is 23.5 Å². The van der Waals surface area contributed by atoms with Gasteiger partial charge in [0.2, 0.25) is 0 Å². The minimum atomic E-state index is -0.162. The Morgan fingerprint density at radius 2 is 0.738 bits per heavy atom. The highest BCUT2D eigenvalue weighted by Crippen LogP contribution is 2.15. The predicted octanol–water partition coefficient (Wildman–Crippen LogP) is 11.7. The van der Waals surface area contributed by atoms with Crippen LogP contribution in [0.25, 0.3) is 0 Å². The number of esters is 2. The number of thioether (sulfide) groups is 2. The van der Waals surface area contributed by atoms with Crippen molar-refractivity contribution in [1.82, 2.24) is 0 Å². The van der Waals surface area contributed by atoms with Crippen molar-refractivity contribution in [1.29, 1.82) is 0 Å². The summed E-state index contributed by atoms with van der Waals surface area (Å²) in [6.45, 7) is 5.15. The van der Waals surface area contributed by atoms with E-state index in [2.05, 4.69) is 36.4 Å². The molecule has 0 rings (SSSR count). The fourth-order valence-corrected chi connectivity index (χ4v) is 6.86. The highest BCUT2D eigenvalue weighted by atomic mass is 127. The molecule has 0 heterocycles. The van der Waals surface area contributed by atoms with Crippen LogP contribution in [0.1, 0.15) is 168 Å². The van der Waals surface area contributed by atoms with Crippen LogP contribution in [-0.4, -0.2) is 52.1 Å². The molecule has 4 nitrogen and oxygen atoms in total. The fraction of sp³-hybridized carbons (Fsp3) is 0.943. The minimum Gasteiger partial charge on any atom is -0.464 e. The van der Waals surface area contributed by atoms with Crippen molar-refractivity contribution in [2.45, 2.75) is 172 Å². The molecule has 0 aliphatic rings. The molecule has 0 N–H and O–H groups in total. The molecule has 0 aromatic carbocycles. The van der Waals surface area contributed by atoms with Crippen LogP contribution in [0.2, 0.25) is 0 Å². The Bertz CT molecular complexity index is 531. The molecule has 250 valence electrons. The Morgan fingerprint density at radius 1 is 0.476 bits per heavy atom. The Hall–Kier alpha value is 0.370. The predicted molar refractivity (Wildman–Crippen MR) is 197 cm³/mol. The summed E-state index contributed by atoms with van der Waals surface area (Å²) in [6.07, 6.45) is 32.5.